The maximum atomic E-state index is 6.16. The molecule has 2 N–H and O–H groups in total. The van der Waals surface area contributed by atoms with Gasteiger partial charge in [0.05, 0.1) is 9.83 Å². The quantitative estimate of drug-likeness (QED) is 0.596. The summed E-state index contributed by atoms with van der Waals surface area (Å²) in [6, 6.07) is 8.60. The zero-order valence-electron chi connectivity index (χ0n) is 11.5. The molecule has 0 radical (unpaired) electrons. The van der Waals surface area contributed by atoms with E-state index in [1.807, 2.05) is 6.07 Å². The zero-order chi connectivity index (χ0) is 14.6. The summed E-state index contributed by atoms with van der Waals surface area (Å²) in [4.78, 5) is 4.94. The van der Waals surface area contributed by atoms with Crippen molar-refractivity contribution < 1.29 is 0 Å². The first-order valence-corrected chi connectivity index (χ1v) is 8.91. The van der Waals surface area contributed by atoms with Gasteiger partial charge in [-0.1, -0.05) is 11.6 Å². The standard InChI is InChI=1S/C16H14BrClN2S/c1-8-6-13(21-16(8)17)15-14-10(4-5-19-15)11-7-9(18)2-3-12(11)20-14/h2-3,6-7,15,19-20H,4-5H2,1H3. The van der Waals surface area contributed by atoms with E-state index in [4.69, 9.17) is 11.6 Å². The lowest BCUT2D eigenvalue weighted by Crippen LogP contribution is -2.29. The van der Waals surface area contributed by atoms with E-state index in [-0.39, 0.29) is 6.04 Å². The summed E-state index contributed by atoms with van der Waals surface area (Å²) < 4.78 is 1.21. The molecule has 1 aromatic carbocycles. The number of nitrogens with one attached hydrogen (secondary N) is 2. The van der Waals surface area contributed by atoms with Gasteiger partial charge in [0.1, 0.15) is 0 Å². The summed E-state index contributed by atoms with van der Waals surface area (Å²) in [5.74, 6) is 0. The predicted octanol–water partition coefficient (Wildman–Crippen LogP) is 5.19. The Kier molecular flexibility index (Phi) is 3.38. The second kappa shape index (κ2) is 5.13. The van der Waals surface area contributed by atoms with Gasteiger partial charge in [-0.15, -0.1) is 11.3 Å². The number of benzene rings is 1. The van der Waals surface area contributed by atoms with Crippen LogP contribution in [0.25, 0.3) is 10.9 Å². The van der Waals surface area contributed by atoms with E-state index >= 15 is 0 Å². The van der Waals surface area contributed by atoms with Gasteiger partial charge in [-0.05, 0) is 64.7 Å². The fraction of sp³-hybridized carbons (Fsp3) is 0.250. The minimum atomic E-state index is 0.245. The predicted molar refractivity (Wildman–Crippen MR) is 93.6 cm³/mol. The second-order valence-electron chi connectivity index (χ2n) is 5.45. The molecule has 4 rings (SSSR count). The van der Waals surface area contributed by atoms with Crippen LogP contribution in [-0.2, 0) is 6.42 Å². The third-order valence-electron chi connectivity index (χ3n) is 4.07. The molecule has 0 saturated carbocycles. The fourth-order valence-corrected chi connectivity index (χ4v) is 4.90. The highest BCUT2D eigenvalue weighted by Crippen LogP contribution is 2.39. The number of aromatic nitrogens is 1. The minimum absolute atomic E-state index is 0.245. The summed E-state index contributed by atoms with van der Waals surface area (Å²) in [6.07, 6.45) is 1.04. The number of hydrogen-bond acceptors (Lipinski definition) is 2. The van der Waals surface area contributed by atoms with Gasteiger partial charge in [0.15, 0.2) is 0 Å². The fourth-order valence-electron chi connectivity index (χ4n) is 3.07. The summed E-state index contributed by atoms with van der Waals surface area (Å²) in [7, 11) is 0. The maximum Gasteiger partial charge on any atom is 0.0826 e. The zero-order valence-corrected chi connectivity index (χ0v) is 14.6. The molecule has 2 aromatic heterocycles. The maximum absolute atomic E-state index is 6.16. The molecule has 2 nitrogen and oxygen atoms in total. The molecule has 0 aliphatic carbocycles. The molecule has 108 valence electrons. The van der Waals surface area contributed by atoms with Gasteiger partial charge in [0.25, 0.3) is 0 Å². The number of rotatable bonds is 1. The van der Waals surface area contributed by atoms with Crippen molar-refractivity contribution in [3.8, 4) is 0 Å². The van der Waals surface area contributed by atoms with Gasteiger partial charge in [0.2, 0.25) is 0 Å². The number of hydrogen-bond donors (Lipinski definition) is 2. The molecule has 0 fully saturated rings. The van der Waals surface area contributed by atoms with Crippen molar-refractivity contribution in [3.05, 3.63) is 54.8 Å². The topological polar surface area (TPSA) is 27.8 Å². The molecule has 1 aliphatic rings. The van der Waals surface area contributed by atoms with Crippen molar-refractivity contribution in [3.63, 3.8) is 0 Å². The van der Waals surface area contributed by atoms with Crippen LogP contribution >= 0.6 is 38.9 Å². The molecule has 0 saturated heterocycles. The smallest absolute Gasteiger partial charge is 0.0826 e. The Morgan fingerprint density at radius 3 is 2.95 bits per heavy atom. The van der Waals surface area contributed by atoms with E-state index in [0.29, 0.717) is 0 Å². The van der Waals surface area contributed by atoms with Gasteiger partial charge in [-0.2, -0.15) is 0 Å². The van der Waals surface area contributed by atoms with Crippen LogP contribution in [0.4, 0.5) is 0 Å². The van der Waals surface area contributed by atoms with Crippen LogP contribution in [0.5, 0.6) is 0 Å². The van der Waals surface area contributed by atoms with Crippen LogP contribution in [0.3, 0.4) is 0 Å². The van der Waals surface area contributed by atoms with Crippen LogP contribution in [0, 0.1) is 6.92 Å². The Morgan fingerprint density at radius 1 is 1.33 bits per heavy atom. The van der Waals surface area contributed by atoms with Crippen molar-refractivity contribution in [2.75, 3.05) is 6.54 Å². The number of aryl methyl sites for hydroxylation is 1. The van der Waals surface area contributed by atoms with Crippen molar-refractivity contribution in [2.24, 2.45) is 0 Å². The number of thiophene rings is 1. The van der Waals surface area contributed by atoms with Gasteiger partial charge >= 0.3 is 0 Å². The van der Waals surface area contributed by atoms with Gasteiger partial charge in [-0.3, -0.25) is 0 Å². The van der Waals surface area contributed by atoms with Crippen LogP contribution in [0.1, 0.15) is 27.7 Å². The lowest BCUT2D eigenvalue weighted by Gasteiger charge is -2.23. The summed E-state index contributed by atoms with van der Waals surface area (Å²) >= 11 is 11.6. The lowest BCUT2D eigenvalue weighted by molar-refractivity contribution is 0.567. The van der Waals surface area contributed by atoms with Crippen molar-refractivity contribution >= 4 is 49.8 Å². The third-order valence-corrected chi connectivity index (χ3v) is 6.51. The Labute approximate surface area is 140 Å². The molecule has 21 heavy (non-hydrogen) atoms. The third kappa shape index (κ3) is 2.25. The summed E-state index contributed by atoms with van der Waals surface area (Å²) in [5, 5.41) is 5.69. The molecule has 0 amide bonds. The van der Waals surface area contributed by atoms with E-state index in [0.717, 1.165) is 18.0 Å². The van der Waals surface area contributed by atoms with E-state index < -0.39 is 0 Å². The first-order chi connectivity index (χ1) is 10.1. The Bertz CT molecular complexity index is 817. The normalized spacial score (nSPS) is 18.1. The summed E-state index contributed by atoms with van der Waals surface area (Å²) in [5.41, 5.74) is 5.15. The number of fused-ring (bicyclic) bond motifs is 3. The highest BCUT2D eigenvalue weighted by Gasteiger charge is 2.26. The molecule has 5 heteroatoms. The Morgan fingerprint density at radius 2 is 2.19 bits per heavy atom. The van der Waals surface area contributed by atoms with Crippen molar-refractivity contribution in [1.82, 2.24) is 10.3 Å². The van der Waals surface area contributed by atoms with Crippen molar-refractivity contribution in [2.45, 2.75) is 19.4 Å². The number of aromatic amines is 1. The van der Waals surface area contributed by atoms with Gasteiger partial charge in [-0.25, -0.2) is 0 Å². The largest absolute Gasteiger partial charge is 0.357 e. The molecular weight excluding hydrogens is 368 g/mol. The van der Waals surface area contributed by atoms with Crippen LogP contribution < -0.4 is 5.32 Å². The molecule has 1 aliphatic heterocycles. The average molecular weight is 382 g/mol. The van der Waals surface area contributed by atoms with E-state index in [2.05, 4.69) is 51.4 Å². The van der Waals surface area contributed by atoms with Crippen LogP contribution in [-0.4, -0.2) is 11.5 Å². The highest BCUT2D eigenvalue weighted by atomic mass is 79.9. The molecule has 0 bridgehead atoms. The first-order valence-electron chi connectivity index (χ1n) is 6.92. The van der Waals surface area contributed by atoms with E-state index in [9.17, 15) is 0 Å². The van der Waals surface area contributed by atoms with Crippen LogP contribution in [0.2, 0.25) is 5.02 Å². The summed E-state index contributed by atoms with van der Waals surface area (Å²) in [6.45, 7) is 3.13. The van der Waals surface area contributed by atoms with Gasteiger partial charge < -0.3 is 10.3 Å². The molecule has 3 heterocycles. The number of H-pyrrole nitrogens is 1. The minimum Gasteiger partial charge on any atom is -0.357 e. The number of halogens is 2. The Balaban J connectivity index is 1.89. The highest BCUT2D eigenvalue weighted by molar-refractivity contribution is 9.11. The molecular formula is C16H14BrClN2S. The second-order valence-corrected chi connectivity index (χ2v) is 8.29. The van der Waals surface area contributed by atoms with E-state index in [1.54, 1.807) is 11.3 Å². The average Bonchev–Trinajstić information content (AvgIpc) is 2.99. The van der Waals surface area contributed by atoms with Crippen LogP contribution in [0.15, 0.2) is 28.1 Å². The van der Waals surface area contributed by atoms with E-state index in [1.165, 1.54) is 36.4 Å². The molecule has 3 aromatic rings. The van der Waals surface area contributed by atoms with Gasteiger partial charge in [0, 0.05) is 33.0 Å². The Hall–Kier alpha value is -0.810. The van der Waals surface area contributed by atoms with Crippen molar-refractivity contribution in [1.29, 1.82) is 0 Å². The lowest BCUT2D eigenvalue weighted by atomic mass is 9.98. The first kappa shape index (κ1) is 13.8. The monoisotopic (exact) mass is 380 g/mol. The molecule has 1 unspecified atom stereocenters. The SMILES string of the molecule is Cc1cc(C2NCCc3c2[nH]c2ccc(Cl)cc32)sc1Br. The molecule has 1 atom stereocenters. The molecule has 0 spiro atoms.